The van der Waals surface area contributed by atoms with Gasteiger partial charge < -0.3 is 5.32 Å². The molecular weight excluding hydrogens is 146 g/mol. The first kappa shape index (κ1) is 8.31. The molecule has 0 aromatic heterocycles. The summed E-state index contributed by atoms with van der Waals surface area (Å²) in [5.41, 5.74) is 0. The average molecular weight is 165 g/mol. The Bertz CT molecular complexity index is 158. The Labute approximate surface area is 75.2 Å². The van der Waals surface area contributed by atoms with Crippen molar-refractivity contribution in [2.24, 2.45) is 5.92 Å². The molecule has 0 bridgehead atoms. The van der Waals surface area contributed by atoms with E-state index in [1.807, 2.05) is 0 Å². The van der Waals surface area contributed by atoms with Crippen LogP contribution in [0, 0.1) is 5.92 Å². The van der Waals surface area contributed by atoms with E-state index in [-0.39, 0.29) is 0 Å². The molecule has 2 aliphatic carbocycles. The van der Waals surface area contributed by atoms with Crippen molar-refractivity contribution in [1.82, 2.24) is 5.32 Å². The summed E-state index contributed by atoms with van der Waals surface area (Å²) in [4.78, 5) is 0. The van der Waals surface area contributed by atoms with Gasteiger partial charge in [0.25, 0.3) is 0 Å². The third-order valence-corrected chi connectivity index (χ3v) is 2.90. The quantitative estimate of drug-likeness (QED) is 0.633. The van der Waals surface area contributed by atoms with Crippen molar-refractivity contribution in [3.05, 3.63) is 12.2 Å². The van der Waals surface area contributed by atoms with Crippen molar-refractivity contribution < 1.29 is 0 Å². The second-order valence-electron chi connectivity index (χ2n) is 4.19. The third kappa shape index (κ3) is 2.63. The Morgan fingerprint density at radius 3 is 2.92 bits per heavy atom. The summed E-state index contributed by atoms with van der Waals surface area (Å²) in [6.45, 7) is 1.28. The molecular formula is C11H19N. The standard InChI is InChI=1S/C11H19N/c1-2-4-6-11(5-3-1)12-9-10-7-8-10/h1,3,10-12H,2,4-9H2/t11-/m1/s1. The van der Waals surface area contributed by atoms with Crippen molar-refractivity contribution in [1.29, 1.82) is 0 Å². The highest BCUT2D eigenvalue weighted by atomic mass is 14.9. The second-order valence-corrected chi connectivity index (χ2v) is 4.19. The molecule has 1 atom stereocenters. The van der Waals surface area contributed by atoms with E-state index in [4.69, 9.17) is 0 Å². The maximum atomic E-state index is 3.67. The molecule has 1 saturated carbocycles. The van der Waals surface area contributed by atoms with Crippen LogP contribution in [0.5, 0.6) is 0 Å². The Hall–Kier alpha value is -0.300. The average Bonchev–Trinajstić information content (AvgIpc) is 2.90. The van der Waals surface area contributed by atoms with Gasteiger partial charge in [0.15, 0.2) is 0 Å². The van der Waals surface area contributed by atoms with E-state index in [2.05, 4.69) is 17.5 Å². The Balaban J connectivity index is 1.66. The van der Waals surface area contributed by atoms with Crippen molar-refractivity contribution in [2.45, 2.75) is 44.6 Å². The highest BCUT2D eigenvalue weighted by Gasteiger charge is 2.21. The van der Waals surface area contributed by atoms with Gasteiger partial charge in [0, 0.05) is 6.04 Å². The monoisotopic (exact) mass is 165 g/mol. The normalized spacial score (nSPS) is 30.2. The van der Waals surface area contributed by atoms with Crippen LogP contribution in [0.2, 0.25) is 0 Å². The maximum absolute atomic E-state index is 3.67. The number of rotatable bonds is 3. The lowest BCUT2D eigenvalue weighted by molar-refractivity contribution is 0.468. The number of hydrogen-bond acceptors (Lipinski definition) is 1. The van der Waals surface area contributed by atoms with Gasteiger partial charge in [0.2, 0.25) is 0 Å². The molecule has 0 aromatic rings. The van der Waals surface area contributed by atoms with Crippen LogP contribution in [0.4, 0.5) is 0 Å². The van der Waals surface area contributed by atoms with Crippen LogP contribution in [-0.2, 0) is 0 Å². The molecule has 0 heterocycles. The van der Waals surface area contributed by atoms with Crippen LogP contribution < -0.4 is 5.32 Å². The van der Waals surface area contributed by atoms with Crippen molar-refractivity contribution in [3.63, 3.8) is 0 Å². The summed E-state index contributed by atoms with van der Waals surface area (Å²) in [6, 6.07) is 0.782. The first-order valence-corrected chi connectivity index (χ1v) is 5.33. The molecule has 2 aliphatic rings. The molecule has 0 aromatic carbocycles. The molecule has 2 rings (SSSR count). The predicted octanol–water partition coefficient (Wildman–Crippen LogP) is 2.48. The van der Waals surface area contributed by atoms with E-state index in [0.29, 0.717) is 0 Å². The largest absolute Gasteiger partial charge is 0.313 e. The fourth-order valence-electron chi connectivity index (χ4n) is 1.82. The Kier molecular flexibility index (Phi) is 2.83. The predicted molar refractivity (Wildman–Crippen MR) is 52.1 cm³/mol. The highest BCUT2D eigenvalue weighted by molar-refractivity contribution is 4.91. The van der Waals surface area contributed by atoms with Gasteiger partial charge in [-0.2, -0.15) is 0 Å². The minimum absolute atomic E-state index is 0.782. The summed E-state index contributed by atoms with van der Waals surface area (Å²) in [7, 11) is 0. The smallest absolute Gasteiger partial charge is 0.0102 e. The fourth-order valence-corrected chi connectivity index (χ4v) is 1.82. The van der Waals surface area contributed by atoms with Gasteiger partial charge in [-0.1, -0.05) is 12.2 Å². The lowest BCUT2D eigenvalue weighted by Crippen LogP contribution is -2.29. The zero-order valence-electron chi connectivity index (χ0n) is 7.76. The van der Waals surface area contributed by atoms with E-state index in [0.717, 1.165) is 12.0 Å². The van der Waals surface area contributed by atoms with Crippen molar-refractivity contribution >= 4 is 0 Å². The van der Waals surface area contributed by atoms with Crippen LogP contribution in [0.1, 0.15) is 38.5 Å². The lowest BCUT2D eigenvalue weighted by Gasteiger charge is -2.14. The fraction of sp³-hybridized carbons (Fsp3) is 0.818. The molecule has 0 spiro atoms. The minimum atomic E-state index is 0.782. The van der Waals surface area contributed by atoms with Crippen molar-refractivity contribution in [3.8, 4) is 0 Å². The molecule has 1 nitrogen and oxygen atoms in total. The molecule has 0 amide bonds. The molecule has 0 saturated heterocycles. The van der Waals surface area contributed by atoms with Gasteiger partial charge in [0.1, 0.15) is 0 Å². The summed E-state index contributed by atoms with van der Waals surface area (Å²) in [5, 5.41) is 3.67. The summed E-state index contributed by atoms with van der Waals surface area (Å²) < 4.78 is 0. The van der Waals surface area contributed by atoms with Crippen LogP contribution >= 0.6 is 0 Å². The minimum Gasteiger partial charge on any atom is -0.313 e. The first-order valence-electron chi connectivity index (χ1n) is 5.33. The number of hydrogen-bond donors (Lipinski definition) is 1. The van der Waals surface area contributed by atoms with Gasteiger partial charge in [-0.15, -0.1) is 0 Å². The van der Waals surface area contributed by atoms with E-state index < -0.39 is 0 Å². The number of allylic oxidation sites excluding steroid dienone is 1. The molecule has 0 unspecified atom stereocenters. The molecule has 1 heteroatoms. The zero-order valence-corrected chi connectivity index (χ0v) is 7.76. The Morgan fingerprint density at radius 2 is 2.08 bits per heavy atom. The van der Waals surface area contributed by atoms with E-state index in [1.54, 1.807) is 0 Å². The SMILES string of the molecule is C1=CC[C@@H](NCC2CC2)CCC1. The van der Waals surface area contributed by atoms with E-state index >= 15 is 0 Å². The number of nitrogens with one attached hydrogen (secondary N) is 1. The van der Waals surface area contributed by atoms with Crippen molar-refractivity contribution in [2.75, 3.05) is 6.54 Å². The summed E-state index contributed by atoms with van der Waals surface area (Å²) >= 11 is 0. The maximum Gasteiger partial charge on any atom is 0.0102 e. The molecule has 1 N–H and O–H groups in total. The zero-order chi connectivity index (χ0) is 8.23. The third-order valence-electron chi connectivity index (χ3n) is 2.90. The summed E-state index contributed by atoms with van der Waals surface area (Å²) in [6.07, 6.45) is 12.9. The molecule has 0 aliphatic heterocycles. The van der Waals surface area contributed by atoms with Gasteiger partial charge in [-0.25, -0.2) is 0 Å². The first-order chi connectivity index (χ1) is 5.95. The molecule has 0 radical (unpaired) electrons. The van der Waals surface area contributed by atoms with E-state index in [1.165, 1.54) is 45.1 Å². The van der Waals surface area contributed by atoms with Crippen LogP contribution in [0.15, 0.2) is 12.2 Å². The van der Waals surface area contributed by atoms with Gasteiger partial charge in [-0.3, -0.25) is 0 Å². The van der Waals surface area contributed by atoms with Crippen LogP contribution in [0.25, 0.3) is 0 Å². The van der Waals surface area contributed by atoms with Gasteiger partial charge >= 0.3 is 0 Å². The van der Waals surface area contributed by atoms with E-state index in [9.17, 15) is 0 Å². The van der Waals surface area contributed by atoms with Gasteiger partial charge in [-0.05, 0) is 51.0 Å². The van der Waals surface area contributed by atoms with Crippen LogP contribution in [0.3, 0.4) is 0 Å². The molecule has 12 heavy (non-hydrogen) atoms. The summed E-state index contributed by atoms with van der Waals surface area (Å²) in [5.74, 6) is 1.03. The molecule has 68 valence electrons. The molecule has 1 fully saturated rings. The lowest BCUT2D eigenvalue weighted by atomic mass is 10.1. The Morgan fingerprint density at radius 1 is 1.17 bits per heavy atom. The van der Waals surface area contributed by atoms with Crippen LogP contribution in [-0.4, -0.2) is 12.6 Å². The highest BCUT2D eigenvalue weighted by Crippen LogP contribution is 2.28. The second kappa shape index (κ2) is 4.08. The topological polar surface area (TPSA) is 12.0 Å². The van der Waals surface area contributed by atoms with Gasteiger partial charge in [0.05, 0.1) is 0 Å².